The third kappa shape index (κ3) is 2.78. The number of nitrogens with zero attached hydrogens (tertiary/aromatic N) is 2. The molecule has 0 radical (unpaired) electrons. The highest BCUT2D eigenvalue weighted by atomic mass is 16.5. The van der Waals surface area contributed by atoms with Crippen LogP contribution in [0.3, 0.4) is 0 Å². The summed E-state index contributed by atoms with van der Waals surface area (Å²) in [5.74, 6) is -0.459. The van der Waals surface area contributed by atoms with Gasteiger partial charge in [-0.1, -0.05) is 0 Å². The standard InChI is InChI=1S/C15H17N3O5/c1-8-2-4-16-12-9(6-18(13(8)12)15(21)22)14(20)17-10-3-5-23-7-11(10)19/h2,4,6,10-11,19H,3,5,7H2,1H3,(H,17,20)(H,21,22). The highest BCUT2D eigenvalue weighted by molar-refractivity contribution is 6.08. The van der Waals surface area contributed by atoms with E-state index in [1.807, 2.05) is 0 Å². The number of carbonyl (C=O) groups is 2. The van der Waals surface area contributed by atoms with Crippen LogP contribution in [0.25, 0.3) is 11.0 Å². The summed E-state index contributed by atoms with van der Waals surface area (Å²) < 4.78 is 6.12. The summed E-state index contributed by atoms with van der Waals surface area (Å²) in [6.07, 6.45) is 1.32. The van der Waals surface area contributed by atoms with E-state index in [0.717, 1.165) is 4.57 Å². The summed E-state index contributed by atoms with van der Waals surface area (Å²) in [5, 5.41) is 21.9. The van der Waals surface area contributed by atoms with Gasteiger partial charge in [-0.25, -0.2) is 9.36 Å². The molecule has 3 N–H and O–H groups in total. The zero-order valence-corrected chi connectivity index (χ0v) is 12.5. The summed E-state index contributed by atoms with van der Waals surface area (Å²) in [4.78, 5) is 28.0. The second kappa shape index (κ2) is 5.98. The molecule has 1 aliphatic rings. The minimum absolute atomic E-state index is 0.166. The minimum atomic E-state index is -1.18. The second-order valence-electron chi connectivity index (χ2n) is 5.53. The molecule has 8 heteroatoms. The summed E-state index contributed by atoms with van der Waals surface area (Å²) in [6.45, 7) is 2.38. The van der Waals surface area contributed by atoms with E-state index in [-0.39, 0.29) is 12.2 Å². The van der Waals surface area contributed by atoms with Crippen molar-refractivity contribution < 1.29 is 24.5 Å². The van der Waals surface area contributed by atoms with E-state index in [9.17, 15) is 19.8 Å². The molecule has 2 unspecified atom stereocenters. The number of aliphatic hydroxyl groups excluding tert-OH is 1. The van der Waals surface area contributed by atoms with E-state index in [1.54, 1.807) is 13.0 Å². The number of carboxylic acid groups (broad SMARTS) is 1. The summed E-state index contributed by atoms with van der Waals surface area (Å²) in [5.41, 5.74) is 1.59. The van der Waals surface area contributed by atoms with Crippen molar-refractivity contribution in [3.63, 3.8) is 0 Å². The zero-order valence-electron chi connectivity index (χ0n) is 12.5. The van der Waals surface area contributed by atoms with Gasteiger partial charge in [-0.15, -0.1) is 0 Å². The Morgan fingerprint density at radius 3 is 2.96 bits per heavy atom. The summed E-state index contributed by atoms with van der Waals surface area (Å²) in [6, 6.07) is 1.26. The van der Waals surface area contributed by atoms with Crippen molar-refractivity contribution >= 4 is 23.0 Å². The first kappa shape index (κ1) is 15.4. The molecule has 2 aromatic heterocycles. The molecule has 0 saturated carbocycles. The first-order chi connectivity index (χ1) is 11.0. The Morgan fingerprint density at radius 1 is 1.48 bits per heavy atom. The topological polar surface area (TPSA) is 114 Å². The van der Waals surface area contributed by atoms with Gasteiger partial charge in [0.1, 0.15) is 5.52 Å². The number of ether oxygens (including phenoxy) is 1. The number of nitrogens with one attached hydrogen (secondary N) is 1. The van der Waals surface area contributed by atoms with E-state index in [1.165, 1.54) is 12.4 Å². The smallest absolute Gasteiger partial charge is 0.416 e. The van der Waals surface area contributed by atoms with Crippen molar-refractivity contribution in [1.82, 2.24) is 14.9 Å². The van der Waals surface area contributed by atoms with E-state index < -0.39 is 24.1 Å². The third-order valence-electron chi connectivity index (χ3n) is 3.97. The fraction of sp³-hybridized carbons (Fsp3) is 0.400. The first-order valence-corrected chi connectivity index (χ1v) is 7.25. The van der Waals surface area contributed by atoms with E-state index in [0.29, 0.717) is 29.6 Å². The molecule has 3 rings (SSSR count). The predicted molar refractivity (Wildman–Crippen MR) is 80.6 cm³/mol. The van der Waals surface area contributed by atoms with Crippen LogP contribution in [0.15, 0.2) is 18.5 Å². The number of aryl methyl sites for hydroxylation is 1. The van der Waals surface area contributed by atoms with Crippen LogP contribution in [0.2, 0.25) is 0 Å². The van der Waals surface area contributed by atoms with Gasteiger partial charge in [0.25, 0.3) is 5.91 Å². The number of aromatic nitrogens is 2. The third-order valence-corrected chi connectivity index (χ3v) is 3.97. The van der Waals surface area contributed by atoms with Crippen molar-refractivity contribution in [1.29, 1.82) is 0 Å². The summed E-state index contributed by atoms with van der Waals surface area (Å²) in [7, 11) is 0. The van der Waals surface area contributed by atoms with Gasteiger partial charge in [0, 0.05) is 19.0 Å². The predicted octanol–water partition coefficient (Wildman–Crippen LogP) is 0.750. The van der Waals surface area contributed by atoms with Crippen LogP contribution in [0.5, 0.6) is 0 Å². The molecule has 2 atom stereocenters. The Hall–Kier alpha value is -2.45. The number of pyridine rings is 1. The second-order valence-corrected chi connectivity index (χ2v) is 5.53. The number of rotatable bonds is 2. The molecule has 1 aliphatic heterocycles. The van der Waals surface area contributed by atoms with E-state index in [2.05, 4.69) is 10.3 Å². The molecule has 1 amide bonds. The Kier molecular flexibility index (Phi) is 4.01. The lowest BCUT2D eigenvalue weighted by molar-refractivity contribution is -0.0260. The van der Waals surface area contributed by atoms with Crippen LogP contribution in [-0.4, -0.2) is 57.1 Å². The summed E-state index contributed by atoms with van der Waals surface area (Å²) >= 11 is 0. The number of carbonyl (C=O) groups excluding carboxylic acids is 1. The lowest BCUT2D eigenvalue weighted by Gasteiger charge is -2.28. The average molecular weight is 319 g/mol. The Bertz CT molecular complexity index is 770. The van der Waals surface area contributed by atoms with Crippen LogP contribution < -0.4 is 5.32 Å². The van der Waals surface area contributed by atoms with Gasteiger partial charge >= 0.3 is 6.09 Å². The average Bonchev–Trinajstić information content (AvgIpc) is 2.91. The zero-order chi connectivity index (χ0) is 16.6. The molecule has 122 valence electrons. The number of hydrogen-bond donors (Lipinski definition) is 3. The van der Waals surface area contributed by atoms with Crippen LogP contribution in [0.1, 0.15) is 22.3 Å². The fourth-order valence-electron chi connectivity index (χ4n) is 2.76. The van der Waals surface area contributed by atoms with Gasteiger partial charge in [-0.2, -0.15) is 0 Å². The molecule has 0 aromatic carbocycles. The van der Waals surface area contributed by atoms with Crippen LogP contribution in [-0.2, 0) is 4.74 Å². The molecule has 8 nitrogen and oxygen atoms in total. The number of amides is 1. The Morgan fingerprint density at radius 2 is 2.26 bits per heavy atom. The normalized spacial score (nSPS) is 21.3. The maximum atomic E-state index is 12.5. The monoisotopic (exact) mass is 319 g/mol. The molecular weight excluding hydrogens is 302 g/mol. The molecule has 0 bridgehead atoms. The highest BCUT2D eigenvalue weighted by Crippen LogP contribution is 2.23. The quantitative estimate of drug-likeness (QED) is 0.753. The van der Waals surface area contributed by atoms with Gasteiger partial charge in [0.05, 0.1) is 29.8 Å². The molecule has 1 fully saturated rings. The number of hydrogen-bond acceptors (Lipinski definition) is 5. The number of aliphatic hydroxyl groups is 1. The number of fused-ring (bicyclic) bond motifs is 1. The van der Waals surface area contributed by atoms with Crippen LogP contribution in [0, 0.1) is 6.92 Å². The largest absolute Gasteiger partial charge is 0.464 e. The maximum absolute atomic E-state index is 12.5. The first-order valence-electron chi connectivity index (χ1n) is 7.25. The maximum Gasteiger partial charge on any atom is 0.416 e. The van der Waals surface area contributed by atoms with Crippen molar-refractivity contribution in [2.75, 3.05) is 13.2 Å². The van der Waals surface area contributed by atoms with Gasteiger partial charge in [0.2, 0.25) is 0 Å². The molecule has 0 spiro atoms. The molecular formula is C15H17N3O5. The van der Waals surface area contributed by atoms with Gasteiger partial charge in [-0.05, 0) is 25.0 Å². The van der Waals surface area contributed by atoms with Gasteiger partial charge in [-0.3, -0.25) is 9.78 Å². The molecule has 1 saturated heterocycles. The van der Waals surface area contributed by atoms with Crippen molar-refractivity contribution in [3.8, 4) is 0 Å². The highest BCUT2D eigenvalue weighted by Gasteiger charge is 2.27. The van der Waals surface area contributed by atoms with Crippen molar-refractivity contribution in [3.05, 3.63) is 29.6 Å². The fourth-order valence-corrected chi connectivity index (χ4v) is 2.76. The van der Waals surface area contributed by atoms with Crippen molar-refractivity contribution in [2.45, 2.75) is 25.5 Å². The van der Waals surface area contributed by atoms with Crippen molar-refractivity contribution in [2.24, 2.45) is 0 Å². The lowest BCUT2D eigenvalue weighted by Crippen LogP contribution is -2.48. The minimum Gasteiger partial charge on any atom is -0.464 e. The Labute approximate surface area is 131 Å². The molecule has 3 heterocycles. The Balaban J connectivity index is 1.97. The van der Waals surface area contributed by atoms with Crippen LogP contribution >= 0.6 is 0 Å². The molecule has 23 heavy (non-hydrogen) atoms. The van der Waals surface area contributed by atoms with Gasteiger partial charge in [0.15, 0.2) is 0 Å². The SMILES string of the molecule is Cc1ccnc2c(C(=O)NC3CCOCC3O)cn(C(=O)O)c12. The van der Waals surface area contributed by atoms with Gasteiger partial charge < -0.3 is 20.3 Å². The van der Waals surface area contributed by atoms with E-state index in [4.69, 9.17) is 4.74 Å². The molecule has 2 aromatic rings. The lowest BCUT2D eigenvalue weighted by atomic mass is 10.1. The molecule has 0 aliphatic carbocycles. The van der Waals surface area contributed by atoms with Crippen LogP contribution in [0.4, 0.5) is 4.79 Å². The van der Waals surface area contributed by atoms with E-state index >= 15 is 0 Å².